The monoisotopic (exact) mass is 403 g/mol. The standard InChI is InChI=1S/C23H34ClN3O/c1-16(28)26-22(15-21(25)23(2,3)4)27-19-12-13-20(24)18(14-19)11-10-17-8-6-5-7-9-17/h12-15,17,25,27H,5-11H2,1-4H3,(H,26,28)/b22-15-,25-21?. The Kier molecular flexibility index (Phi) is 8.11. The van der Waals surface area contributed by atoms with Crippen molar-refractivity contribution in [2.45, 2.75) is 72.6 Å². The third kappa shape index (κ3) is 7.31. The van der Waals surface area contributed by atoms with E-state index in [1.54, 1.807) is 6.08 Å². The largest absolute Gasteiger partial charge is 0.342 e. The van der Waals surface area contributed by atoms with Gasteiger partial charge in [-0.25, -0.2) is 0 Å². The fourth-order valence-corrected chi connectivity index (χ4v) is 3.70. The van der Waals surface area contributed by atoms with Crippen molar-refractivity contribution >= 4 is 28.9 Å². The minimum atomic E-state index is -0.295. The van der Waals surface area contributed by atoms with Crippen LogP contribution in [0.2, 0.25) is 5.02 Å². The number of allylic oxidation sites excluding steroid dienone is 1. The Morgan fingerprint density at radius 1 is 1.25 bits per heavy atom. The van der Waals surface area contributed by atoms with Gasteiger partial charge in [-0.1, -0.05) is 64.5 Å². The predicted molar refractivity (Wildman–Crippen MR) is 119 cm³/mol. The van der Waals surface area contributed by atoms with E-state index in [-0.39, 0.29) is 11.3 Å². The van der Waals surface area contributed by atoms with Crippen molar-refractivity contribution in [2.24, 2.45) is 11.3 Å². The molecule has 1 aromatic carbocycles. The van der Waals surface area contributed by atoms with Gasteiger partial charge in [0.1, 0.15) is 5.82 Å². The summed E-state index contributed by atoms with van der Waals surface area (Å²) in [5.41, 5.74) is 2.14. The molecule has 1 aliphatic rings. The average molecular weight is 404 g/mol. The van der Waals surface area contributed by atoms with Gasteiger partial charge in [-0.3, -0.25) is 4.79 Å². The molecule has 1 aliphatic carbocycles. The van der Waals surface area contributed by atoms with Crippen molar-refractivity contribution in [2.75, 3.05) is 5.32 Å². The molecular formula is C23H34ClN3O. The van der Waals surface area contributed by atoms with E-state index in [4.69, 9.17) is 17.0 Å². The summed E-state index contributed by atoms with van der Waals surface area (Å²) in [6, 6.07) is 5.87. The van der Waals surface area contributed by atoms with Crippen LogP contribution in [-0.2, 0) is 11.2 Å². The molecule has 0 heterocycles. The number of carbonyl (C=O) groups is 1. The van der Waals surface area contributed by atoms with Crippen LogP contribution < -0.4 is 10.6 Å². The molecule has 4 nitrogen and oxygen atoms in total. The summed E-state index contributed by atoms with van der Waals surface area (Å²) in [5, 5.41) is 15.1. The predicted octanol–water partition coefficient (Wildman–Crippen LogP) is 6.31. The smallest absolute Gasteiger partial charge is 0.222 e. The lowest BCUT2D eigenvalue weighted by Gasteiger charge is -2.22. The average Bonchev–Trinajstić information content (AvgIpc) is 2.61. The highest BCUT2D eigenvalue weighted by atomic mass is 35.5. The van der Waals surface area contributed by atoms with Crippen LogP contribution in [0.1, 0.15) is 71.8 Å². The molecule has 2 rings (SSSR count). The van der Waals surface area contributed by atoms with Gasteiger partial charge in [0.25, 0.3) is 0 Å². The van der Waals surface area contributed by atoms with Crippen LogP contribution in [0.5, 0.6) is 0 Å². The topological polar surface area (TPSA) is 65.0 Å². The Balaban J connectivity index is 2.12. The zero-order valence-corrected chi connectivity index (χ0v) is 18.4. The number of hydrogen-bond donors (Lipinski definition) is 3. The summed E-state index contributed by atoms with van der Waals surface area (Å²) in [6.07, 6.45) is 10.6. The first-order valence-corrected chi connectivity index (χ1v) is 10.7. The van der Waals surface area contributed by atoms with Gasteiger partial charge >= 0.3 is 0 Å². The van der Waals surface area contributed by atoms with E-state index in [0.717, 1.165) is 28.6 Å². The number of hydrogen-bond acceptors (Lipinski definition) is 3. The van der Waals surface area contributed by atoms with E-state index in [2.05, 4.69) is 16.7 Å². The number of anilines is 1. The summed E-state index contributed by atoms with van der Waals surface area (Å²) in [7, 11) is 0. The second kappa shape index (κ2) is 10.1. The Bertz CT molecular complexity index is 728. The molecule has 1 amide bonds. The van der Waals surface area contributed by atoms with Crippen molar-refractivity contribution in [3.63, 3.8) is 0 Å². The van der Waals surface area contributed by atoms with Crippen molar-refractivity contribution in [1.82, 2.24) is 5.32 Å². The van der Waals surface area contributed by atoms with Gasteiger partial charge in [0, 0.05) is 34.8 Å². The molecule has 0 aliphatic heterocycles. The maximum atomic E-state index is 11.6. The minimum Gasteiger partial charge on any atom is -0.342 e. The first-order chi connectivity index (χ1) is 13.1. The lowest BCUT2D eigenvalue weighted by Crippen LogP contribution is -2.27. The number of rotatable bonds is 7. The van der Waals surface area contributed by atoms with Gasteiger partial charge in [0.15, 0.2) is 0 Å². The van der Waals surface area contributed by atoms with E-state index in [9.17, 15) is 4.79 Å². The number of amides is 1. The van der Waals surface area contributed by atoms with E-state index >= 15 is 0 Å². The zero-order valence-electron chi connectivity index (χ0n) is 17.6. The summed E-state index contributed by atoms with van der Waals surface area (Å²) < 4.78 is 0. The normalized spacial score (nSPS) is 16.0. The fourth-order valence-electron chi connectivity index (χ4n) is 3.49. The highest BCUT2D eigenvalue weighted by Crippen LogP contribution is 2.30. The molecule has 0 radical (unpaired) electrons. The molecule has 1 saturated carbocycles. The molecular weight excluding hydrogens is 370 g/mol. The Morgan fingerprint density at radius 3 is 2.54 bits per heavy atom. The molecule has 0 atom stereocenters. The summed E-state index contributed by atoms with van der Waals surface area (Å²) in [6.45, 7) is 7.39. The molecule has 0 bridgehead atoms. The first kappa shape index (κ1) is 22.5. The van der Waals surface area contributed by atoms with E-state index < -0.39 is 0 Å². The van der Waals surface area contributed by atoms with Crippen molar-refractivity contribution in [1.29, 1.82) is 5.41 Å². The third-order valence-corrected chi connectivity index (χ3v) is 5.65. The van der Waals surface area contributed by atoms with E-state index in [1.807, 2.05) is 32.9 Å². The van der Waals surface area contributed by atoms with Crippen LogP contribution in [0, 0.1) is 16.7 Å². The molecule has 154 valence electrons. The van der Waals surface area contributed by atoms with Crippen LogP contribution in [-0.4, -0.2) is 11.6 Å². The molecule has 0 spiro atoms. The number of halogens is 1. The van der Waals surface area contributed by atoms with Gasteiger partial charge in [-0.15, -0.1) is 0 Å². The molecule has 5 heteroatoms. The second-order valence-corrected chi connectivity index (χ2v) is 9.28. The maximum Gasteiger partial charge on any atom is 0.222 e. The first-order valence-electron chi connectivity index (χ1n) is 10.3. The van der Waals surface area contributed by atoms with Gasteiger partial charge in [0.05, 0.1) is 0 Å². The summed E-state index contributed by atoms with van der Waals surface area (Å²) in [4.78, 5) is 11.6. The SMILES string of the molecule is CC(=O)N/C(=C/C(=N)C(C)(C)C)Nc1ccc(Cl)c(CCC2CCCCC2)c1. The number of aryl methyl sites for hydroxylation is 1. The lowest BCUT2D eigenvalue weighted by molar-refractivity contribution is -0.118. The maximum absolute atomic E-state index is 11.6. The van der Waals surface area contributed by atoms with Gasteiger partial charge in [-0.2, -0.15) is 0 Å². The van der Waals surface area contributed by atoms with Gasteiger partial charge < -0.3 is 16.0 Å². The molecule has 0 aromatic heterocycles. The van der Waals surface area contributed by atoms with Crippen molar-refractivity contribution in [3.05, 3.63) is 40.7 Å². The number of carbonyl (C=O) groups excluding carboxylic acids is 1. The highest BCUT2D eigenvalue weighted by Gasteiger charge is 2.17. The Morgan fingerprint density at radius 2 is 1.93 bits per heavy atom. The van der Waals surface area contributed by atoms with Crippen LogP contribution in [0.3, 0.4) is 0 Å². The zero-order chi connectivity index (χ0) is 20.7. The number of nitrogens with one attached hydrogen (secondary N) is 3. The summed E-state index contributed by atoms with van der Waals surface area (Å²) >= 11 is 6.43. The highest BCUT2D eigenvalue weighted by molar-refractivity contribution is 6.31. The third-order valence-electron chi connectivity index (χ3n) is 5.28. The number of benzene rings is 1. The summed E-state index contributed by atoms with van der Waals surface area (Å²) in [5.74, 6) is 1.14. The van der Waals surface area contributed by atoms with Crippen molar-refractivity contribution in [3.8, 4) is 0 Å². The van der Waals surface area contributed by atoms with E-state index in [0.29, 0.717) is 11.5 Å². The Hall–Kier alpha value is -1.81. The fraction of sp³-hybridized carbons (Fsp3) is 0.565. The van der Waals surface area contributed by atoms with E-state index in [1.165, 1.54) is 45.4 Å². The van der Waals surface area contributed by atoms with Crippen LogP contribution in [0.15, 0.2) is 30.1 Å². The van der Waals surface area contributed by atoms with Crippen LogP contribution in [0.4, 0.5) is 5.69 Å². The molecule has 0 unspecified atom stereocenters. The quantitative estimate of drug-likeness (QED) is 0.467. The minimum absolute atomic E-state index is 0.174. The molecule has 1 fully saturated rings. The van der Waals surface area contributed by atoms with Gasteiger partial charge in [0.2, 0.25) is 5.91 Å². The molecule has 28 heavy (non-hydrogen) atoms. The Labute approximate surface area is 174 Å². The van der Waals surface area contributed by atoms with Crippen molar-refractivity contribution < 1.29 is 4.79 Å². The lowest BCUT2D eigenvalue weighted by atomic mass is 9.85. The van der Waals surface area contributed by atoms with Crippen LogP contribution >= 0.6 is 11.6 Å². The molecule has 1 aromatic rings. The van der Waals surface area contributed by atoms with Crippen LogP contribution in [0.25, 0.3) is 0 Å². The molecule has 3 N–H and O–H groups in total. The second-order valence-electron chi connectivity index (χ2n) is 8.88. The van der Waals surface area contributed by atoms with Gasteiger partial charge in [-0.05, 0) is 42.5 Å². The molecule has 0 saturated heterocycles.